The van der Waals surface area contributed by atoms with E-state index in [4.69, 9.17) is 34.4 Å². The van der Waals surface area contributed by atoms with Crippen molar-refractivity contribution in [3.63, 3.8) is 0 Å². The molecule has 138 valence electrons. The molecule has 26 heavy (non-hydrogen) atoms. The average Bonchev–Trinajstić information content (AvgIpc) is 2.83. The van der Waals surface area contributed by atoms with Crippen LogP contribution in [0.1, 0.15) is 0 Å². The SMILES string of the molecule is C#COOC(=C)Oc1cc(-c2nn(C)c(OC(F)F)c2Cl)c(F)cc1Cl. The Balaban J connectivity index is 2.43. The first kappa shape index (κ1) is 19.6. The topological polar surface area (TPSA) is 54.7 Å². The van der Waals surface area contributed by atoms with E-state index in [1.165, 1.54) is 7.05 Å². The normalized spacial score (nSPS) is 10.4. The summed E-state index contributed by atoms with van der Waals surface area (Å²) in [4.78, 5) is 8.65. The van der Waals surface area contributed by atoms with Crippen molar-refractivity contribution in [3.8, 4) is 35.4 Å². The number of ether oxygens (including phenoxy) is 2. The zero-order valence-corrected chi connectivity index (χ0v) is 14.4. The first-order chi connectivity index (χ1) is 12.2. The maximum Gasteiger partial charge on any atom is 0.388 e. The summed E-state index contributed by atoms with van der Waals surface area (Å²) in [5.41, 5.74) is -0.366. The Kier molecular flexibility index (Phi) is 6.13. The molecule has 0 spiro atoms. The number of hydrogen-bond acceptors (Lipinski definition) is 5. The van der Waals surface area contributed by atoms with Crippen LogP contribution in [-0.4, -0.2) is 16.4 Å². The van der Waals surface area contributed by atoms with Crippen molar-refractivity contribution < 1.29 is 32.4 Å². The third-order valence-corrected chi connectivity index (χ3v) is 3.46. The van der Waals surface area contributed by atoms with Gasteiger partial charge >= 0.3 is 12.6 Å². The van der Waals surface area contributed by atoms with Crippen molar-refractivity contribution in [2.45, 2.75) is 6.61 Å². The summed E-state index contributed by atoms with van der Waals surface area (Å²) in [6.45, 7) is 0.218. The molecule has 0 aliphatic carbocycles. The van der Waals surface area contributed by atoms with Gasteiger partial charge in [-0.2, -0.15) is 13.9 Å². The van der Waals surface area contributed by atoms with E-state index in [0.29, 0.717) is 0 Å². The van der Waals surface area contributed by atoms with Gasteiger partial charge in [-0.05, 0) is 18.7 Å². The van der Waals surface area contributed by atoms with E-state index >= 15 is 0 Å². The molecule has 1 heterocycles. The molecule has 11 heteroatoms. The largest absolute Gasteiger partial charge is 0.422 e. The molecule has 6 nitrogen and oxygen atoms in total. The molecule has 2 aromatic rings. The molecule has 0 atom stereocenters. The number of aromatic nitrogens is 2. The summed E-state index contributed by atoms with van der Waals surface area (Å²) in [6, 6.07) is 2.02. The lowest BCUT2D eigenvalue weighted by atomic mass is 10.1. The molecule has 2 rings (SSSR count). The Hall–Kier alpha value is -2.70. The van der Waals surface area contributed by atoms with Gasteiger partial charge in [0.1, 0.15) is 16.5 Å². The fraction of sp³-hybridized carbons (Fsp3) is 0.133. The quantitative estimate of drug-likeness (QED) is 0.291. The summed E-state index contributed by atoms with van der Waals surface area (Å²) < 4.78 is 49.5. The number of aryl methyl sites for hydroxylation is 1. The van der Waals surface area contributed by atoms with Crippen LogP contribution >= 0.6 is 23.2 Å². The molecule has 0 saturated heterocycles. The maximum atomic E-state index is 14.3. The molecule has 0 saturated carbocycles. The number of halogens is 5. The van der Waals surface area contributed by atoms with Crippen molar-refractivity contribution in [2.75, 3.05) is 0 Å². The van der Waals surface area contributed by atoms with Crippen LogP contribution in [0.5, 0.6) is 11.6 Å². The van der Waals surface area contributed by atoms with Crippen LogP contribution in [0.15, 0.2) is 24.7 Å². The molecule has 0 radical (unpaired) electrons. The molecule has 0 unspecified atom stereocenters. The van der Waals surface area contributed by atoms with Gasteiger partial charge in [-0.15, -0.1) is 0 Å². The third kappa shape index (κ3) is 4.28. The molecule has 0 N–H and O–H groups in total. The lowest BCUT2D eigenvalue weighted by molar-refractivity contribution is -0.224. The first-order valence-corrected chi connectivity index (χ1v) is 7.32. The standard InChI is InChI=1S/C15H9Cl2F3N2O4/c1-4-23-26-7(2)24-11-5-8(10(18)6-9(11)16)13-12(17)14(22(3)21-13)25-15(19)20/h1,5-6,15H,2H2,3H3. The van der Waals surface area contributed by atoms with Gasteiger partial charge in [-0.3, -0.25) is 0 Å². The van der Waals surface area contributed by atoms with Crippen molar-refractivity contribution in [1.82, 2.24) is 9.78 Å². The van der Waals surface area contributed by atoms with E-state index in [1.54, 1.807) is 6.11 Å². The second kappa shape index (κ2) is 8.12. The highest BCUT2D eigenvalue weighted by Crippen LogP contribution is 2.40. The Labute approximate surface area is 155 Å². The summed E-state index contributed by atoms with van der Waals surface area (Å²) in [5.74, 6) is -1.77. The average molecular weight is 409 g/mol. The van der Waals surface area contributed by atoms with E-state index in [2.05, 4.69) is 26.2 Å². The van der Waals surface area contributed by atoms with Crippen LogP contribution in [0.25, 0.3) is 11.3 Å². The third-order valence-electron chi connectivity index (χ3n) is 2.82. The molecule has 0 aliphatic heterocycles. The van der Waals surface area contributed by atoms with E-state index in [0.717, 1.165) is 16.8 Å². The number of terminal acetylenes is 1. The lowest BCUT2D eigenvalue weighted by Gasteiger charge is -2.10. The second-order valence-corrected chi connectivity index (χ2v) is 5.28. The minimum absolute atomic E-state index is 0.105. The smallest absolute Gasteiger partial charge is 0.388 e. The molecule has 0 amide bonds. The van der Waals surface area contributed by atoms with Crippen LogP contribution in [0, 0.1) is 18.3 Å². The van der Waals surface area contributed by atoms with Gasteiger partial charge in [-0.1, -0.05) is 29.6 Å². The van der Waals surface area contributed by atoms with Crippen molar-refractivity contribution in [3.05, 3.63) is 40.5 Å². The van der Waals surface area contributed by atoms with Crippen molar-refractivity contribution >= 4 is 23.2 Å². The fourth-order valence-electron chi connectivity index (χ4n) is 1.87. The highest BCUT2D eigenvalue weighted by molar-refractivity contribution is 6.34. The first-order valence-electron chi connectivity index (χ1n) is 6.57. The molecular formula is C15H9Cl2F3N2O4. The zero-order valence-electron chi connectivity index (χ0n) is 12.9. The Morgan fingerprint density at radius 2 is 2.08 bits per heavy atom. The second-order valence-electron chi connectivity index (χ2n) is 4.49. The monoisotopic (exact) mass is 408 g/mol. The predicted molar refractivity (Wildman–Crippen MR) is 86.0 cm³/mol. The number of hydrogen-bond donors (Lipinski definition) is 0. The predicted octanol–water partition coefficient (Wildman–Crippen LogP) is 4.52. The van der Waals surface area contributed by atoms with E-state index in [9.17, 15) is 13.2 Å². The minimum Gasteiger partial charge on any atom is -0.422 e. The zero-order chi connectivity index (χ0) is 19.4. The summed E-state index contributed by atoms with van der Waals surface area (Å²) in [5, 5.41) is 3.40. The van der Waals surface area contributed by atoms with Gasteiger partial charge in [0.15, 0.2) is 11.9 Å². The van der Waals surface area contributed by atoms with Gasteiger partial charge in [0.25, 0.3) is 0 Å². The van der Waals surface area contributed by atoms with Gasteiger partial charge in [0.05, 0.1) is 5.02 Å². The molecular weight excluding hydrogens is 400 g/mol. The molecule has 1 aromatic heterocycles. The molecule has 0 bridgehead atoms. The molecule has 1 aromatic carbocycles. The summed E-state index contributed by atoms with van der Waals surface area (Å²) in [7, 11) is 1.30. The number of rotatable bonds is 7. The van der Waals surface area contributed by atoms with Crippen LogP contribution < -0.4 is 9.47 Å². The highest BCUT2D eigenvalue weighted by Gasteiger charge is 2.24. The van der Waals surface area contributed by atoms with Crippen molar-refractivity contribution in [1.29, 1.82) is 0 Å². The van der Waals surface area contributed by atoms with Crippen LogP contribution in [-0.2, 0) is 16.8 Å². The number of benzene rings is 1. The van der Waals surface area contributed by atoms with Crippen molar-refractivity contribution in [2.24, 2.45) is 7.05 Å². The van der Waals surface area contributed by atoms with E-state index in [1.807, 2.05) is 0 Å². The maximum absolute atomic E-state index is 14.3. The van der Waals surface area contributed by atoms with Gasteiger partial charge in [0.2, 0.25) is 5.88 Å². The number of nitrogens with zero attached hydrogens (tertiary/aromatic N) is 2. The van der Waals surface area contributed by atoms with E-state index in [-0.39, 0.29) is 27.1 Å². The van der Waals surface area contributed by atoms with Crippen LogP contribution in [0.4, 0.5) is 13.2 Å². The van der Waals surface area contributed by atoms with Gasteiger partial charge in [-0.25, -0.2) is 18.8 Å². The summed E-state index contributed by atoms with van der Waals surface area (Å²) in [6.07, 6.45) is 6.54. The highest BCUT2D eigenvalue weighted by atomic mass is 35.5. The number of alkyl halides is 2. The minimum atomic E-state index is -3.14. The van der Waals surface area contributed by atoms with Crippen LogP contribution in [0.2, 0.25) is 10.0 Å². The Bertz CT molecular complexity index is 881. The fourth-order valence-corrected chi connectivity index (χ4v) is 2.36. The Morgan fingerprint density at radius 1 is 1.38 bits per heavy atom. The van der Waals surface area contributed by atoms with Gasteiger partial charge in [0, 0.05) is 12.6 Å². The van der Waals surface area contributed by atoms with Crippen LogP contribution in [0.3, 0.4) is 0 Å². The molecule has 0 aliphatic rings. The Morgan fingerprint density at radius 3 is 2.69 bits per heavy atom. The van der Waals surface area contributed by atoms with Gasteiger partial charge < -0.3 is 9.47 Å². The summed E-state index contributed by atoms with van der Waals surface area (Å²) >= 11 is 11.9. The molecule has 0 fully saturated rings. The lowest BCUT2D eigenvalue weighted by Crippen LogP contribution is -2.06. The van der Waals surface area contributed by atoms with E-state index < -0.39 is 24.3 Å².